The van der Waals surface area contributed by atoms with Gasteiger partial charge in [-0.05, 0) is 36.4 Å². The Hall–Kier alpha value is -1.50. The molecule has 0 saturated heterocycles. The quantitative estimate of drug-likeness (QED) is 0.665. The van der Waals surface area contributed by atoms with Gasteiger partial charge in [-0.1, -0.05) is 29.6 Å². The van der Waals surface area contributed by atoms with Gasteiger partial charge in [0.15, 0.2) is 0 Å². The van der Waals surface area contributed by atoms with E-state index in [9.17, 15) is 0 Å². The van der Waals surface area contributed by atoms with E-state index < -0.39 is 0 Å². The summed E-state index contributed by atoms with van der Waals surface area (Å²) in [6.07, 6.45) is 2.97. The summed E-state index contributed by atoms with van der Waals surface area (Å²) in [6, 6.07) is 6.14. The van der Waals surface area contributed by atoms with E-state index in [1.807, 2.05) is 0 Å². The lowest BCUT2D eigenvalue weighted by Crippen LogP contribution is -2.30. The second kappa shape index (κ2) is 5.87. The predicted octanol–water partition coefficient (Wildman–Crippen LogP) is 1.98. The third-order valence-corrected chi connectivity index (χ3v) is 4.46. The molecule has 0 radical (unpaired) electrons. The Morgan fingerprint density at radius 2 is 2.40 bits per heavy atom. The number of rotatable bonds is 4. The SMILES string of the molecule is CCc1nnsc1C(NN)c1cccc2c1OCCC2. The molecule has 0 saturated carbocycles. The van der Waals surface area contributed by atoms with Gasteiger partial charge in [0.1, 0.15) is 5.75 Å². The minimum atomic E-state index is -0.113. The van der Waals surface area contributed by atoms with Gasteiger partial charge in [0.25, 0.3) is 0 Å². The molecule has 0 spiro atoms. The molecule has 6 heteroatoms. The first-order chi connectivity index (χ1) is 9.85. The van der Waals surface area contributed by atoms with Crippen molar-refractivity contribution in [1.29, 1.82) is 0 Å². The van der Waals surface area contributed by atoms with Crippen LogP contribution in [0.1, 0.15) is 41.1 Å². The molecule has 0 amide bonds. The van der Waals surface area contributed by atoms with Crippen LogP contribution < -0.4 is 16.0 Å². The molecule has 1 unspecified atom stereocenters. The van der Waals surface area contributed by atoms with Gasteiger partial charge in [0.05, 0.1) is 23.2 Å². The van der Waals surface area contributed by atoms with Crippen molar-refractivity contribution < 1.29 is 4.74 Å². The lowest BCUT2D eigenvalue weighted by atomic mass is 9.96. The van der Waals surface area contributed by atoms with Crippen LogP contribution in [0.4, 0.5) is 0 Å². The molecule has 1 atom stereocenters. The molecule has 3 N–H and O–H groups in total. The molecular weight excluding hydrogens is 272 g/mol. The van der Waals surface area contributed by atoms with E-state index in [1.54, 1.807) is 0 Å². The monoisotopic (exact) mass is 290 g/mol. The number of aromatic nitrogens is 2. The molecule has 2 aromatic rings. The van der Waals surface area contributed by atoms with E-state index in [0.29, 0.717) is 0 Å². The lowest BCUT2D eigenvalue weighted by molar-refractivity contribution is 0.283. The van der Waals surface area contributed by atoms with Gasteiger partial charge < -0.3 is 4.74 Å². The predicted molar refractivity (Wildman–Crippen MR) is 78.7 cm³/mol. The highest BCUT2D eigenvalue weighted by Crippen LogP contribution is 2.37. The Labute approximate surface area is 122 Å². The molecule has 0 bridgehead atoms. The smallest absolute Gasteiger partial charge is 0.127 e. The van der Waals surface area contributed by atoms with Crippen LogP contribution in [-0.4, -0.2) is 16.2 Å². The standard InChI is InChI=1S/C14H18N4OS/c1-2-11-14(20-18-17-11)12(16-15)10-7-3-5-9-6-4-8-19-13(9)10/h3,5,7,12,16H,2,4,6,8,15H2,1H3. The van der Waals surface area contributed by atoms with Crippen LogP contribution >= 0.6 is 11.5 Å². The Balaban J connectivity index is 2.06. The number of hydrogen-bond donors (Lipinski definition) is 2. The number of aryl methyl sites for hydroxylation is 2. The average Bonchev–Trinajstić information content (AvgIpc) is 2.97. The molecule has 2 heterocycles. The van der Waals surface area contributed by atoms with Gasteiger partial charge in [-0.25, -0.2) is 5.43 Å². The summed E-state index contributed by atoms with van der Waals surface area (Å²) >= 11 is 1.39. The van der Waals surface area contributed by atoms with Gasteiger partial charge in [0.2, 0.25) is 0 Å². The van der Waals surface area contributed by atoms with E-state index in [-0.39, 0.29) is 6.04 Å². The molecule has 20 heavy (non-hydrogen) atoms. The fourth-order valence-electron chi connectivity index (χ4n) is 2.63. The van der Waals surface area contributed by atoms with Crippen LogP contribution in [0.15, 0.2) is 18.2 Å². The maximum Gasteiger partial charge on any atom is 0.127 e. The van der Waals surface area contributed by atoms with Crippen molar-refractivity contribution in [3.63, 3.8) is 0 Å². The first kappa shape index (κ1) is 13.5. The average molecular weight is 290 g/mol. The van der Waals surface area contributed by atoms with Crippen LogP contribution in [0, 0.1) is 0 Å². The number of hydrazine groups is 1. The van der Waals surface area contributed by atoms with Crippen LogP contribution in [0.2, 0.25) is 0 Å². The fourth-order valence-corrected chi connectivity index (χ4v) is 3.45. The van der Waals surface area contributed by atoms with Crippen LogP contribution in [-0.2, 0) is 12.8 Å². The summed E-state index contributed by atoms with van der Waals surface area (Å²) in [5.74, 6) is 6.77. The zero-order valence-corrected chi connectivity index (χ0v) is 12.2. The fraction of sp³-hybridized carbons (Fsp3) is 0.429. The highest BCUT2D eigenvalue weighted by Gasteiger charge is 2.25. The summed E-state index contributed by atoms with van der Waals surface area (Å²) < 4.78 is 9.93. The maximum atomic E-state index is 5.88. The molecule has 5 nitrogen and oxygen atoms in total. The van der Waals surface area contributed by atoms with E-state index >= 15 is 0 Å². The number of benzene rings is 1. The van der Waals surface area contributed by atoms with E-state index in [0.717, 1.165) is 47.8 Å². The van der Waals surface area contributed by atoms with Gasteiger partial charge in [-0.2, -0.15) is 0 Å². The molecule has 1 aliphatic rings. The number of nitrogens with one attached hydrogen (secondary N) is 1. The molecule has 0 aliphatic carbocycles. The molecule has 1 aliphatic heterocycles. The molecule has 1 aromatic heterocycles. The molecular formula is C14H18N4OS. The zero-order chi connectivity index (χ0) is 13.9. The third-order valence-electron chi connectivity index (χ3n) is 3.62. The molecule has 3 rings (SSSR count). The van der Waals surface area contributed by atoms with Crippen LogP contribution in [0.25, 0.3) is 0 Å². The van der Waals surface area contributed by atoms with Gasteiger partial charge in [-0.3, -0.25) is 5.84 Å². The Morgan fingerprint density at radius 3 is 3.20 bits per heavy atom. The minimum absolute atomic E-state index is 0.113. The van der Waals surface area contributed by atoms with Crippen molar-refractivity contribution in [2.24, 2.45) is 5.84 Å². The van der Waals surface area contributed by atoms with Crippen molar-refractivity contribution in [2.75, 3.05) is 6.61 Å². The van der Waals surface area contributed by atoms with E-state index in [2.05, 4.69) is 40.1 Å². The first-order valence-corrected chi connectivity index (χ1v) is 7.64. The van der Waals surface area contributed by atoms with Crippen molar-refractivity contribution in [3.05, 3.63) is 39.9 Å². The second-order valence-electron chi connectivity index (χ2n) is 4.82. The summed E-state index contributed by atoms with van der Waals surface area (Å²) in [6.45, 7) is 2.84. The Morgan fingerprint density at radius 1 is 1.50 bits per heavy atom. The van der Waals surface area contributed by atoms with Gasteiger partial charge >= 0.3 is 0 Å². The number of hydrogen-bond acceptors (Lipinski definition) is 6. The van der Waals surface area contributed by atoms with Crippen LogP contribution in [0.5, 0.6) is 5.75 Å². The normalized spacial score (nSPS) is 15.5. The summed E-state index contributed by atoms with van der Waals surface area (Å²) in [7, 11) is 0. The Kier molecular flexibility index (Phi) is 3.95. The van der Waals surface area contributed by atoms with E-state index in [1.165, 1.54) is 17.1 Å². The van der Waals surface area contributed by atoms with Gasteiger partial charge in [0, 0.05) is 5.56 Å². The molecule has 106 valence electrons. The number of ether oxygens (including phenoxy) is 1. The van der Waals surface area contributed by atoms with Crippen molar-refractivity contribution in [2.45, 2.75) is 32.2 Å². The molecule has 1 aromatic carbocycles. The topological polar surface area (TPSA) is 73.1 Å². The lowest BCUT2D eigenvalue weighted by Gasteiger charge is -2.24. The van der Waals surface area contributed by atoms with Gasteiger partial charge in [-0.15, -0.1) is 5.10 Å². The largest absolute Gasteiger partial charge is 0.493 e. The number of nitrogens with two attached hydrogens (primary N) is 1. The molecule has 0 fully saturated rings. The maximum absolute atomic E-state index is 5.88. The number of nitrogens with zero attached hydrogens (tertiary/aromatic N) is 2. The second-order valence-corrected chi connectivity index (χ2v) is 5.61. The number of fused-ring (bicyclic) bond motifs is 1. The highest BCUT2D eigenvalue weighted by molar-refractivity contribution is 7.05. The van der Waals surface area contributed by atoms with E-state index in [4.69, 9.17) is 10.6 Å². The van der Waals surface area contributed by atoms with Crippen molar-refractivity contribution >= 4 is 11.5 Å². The number of para-hydroxylation sites is 1. The summed E-state index contributed by atoms with van der Waals surface area (Å²) in [5, 5.41) is 4.17. The zero-order valence-electron chi connectivity index (χ0n) is 11.4. The van der Waals surface area contributed by atoms with Crippen molar-refractivity contribution in [3.8, 4) is 5.75 Å². The highest BCUT2D eigenvalue weighted by atomic mass is 32.1. The minimum Gasteiger partial charge on any atom is -0.493 e. The Bertz CT molecular complexity index is 599. The van der Waals surface area contributed by atoms with Crippen molar-refractivity contribution in [1.82, 2.24) is 15.0 Å². The summed E-state index contributed by atoms with van der Waals surface area (Å²) in [5.41, 5.74) is 6.22. The third kappa shape index (κ3) is 2.30. The van der Waals surface area contributed by atoms with Crippen LogP contribution in [0.3, 0.4) is 0 Å². The first-order valence-electron chi connectivity index (χ1n) is 6.87. The summed E-state index contributed by atoms with van der Waals surface area (Å²) in [4.78, 5) is 1.07.